The maximum absolute atomic E-state index is 10.9. The van der Waals surface area contributed by atoms with E-state index >= 15 is 0 Å². The minimum absolute atomic E-state index is 0.0136. The van der Waals surface area contributed by atoms with Gasteiger partial charge in [-0.25, -0.2) is 0 Å². The minimum Gasteiger partial charge on any atom is -0.331 e. The van der Waals surface area contributed by atoms with Crippen molar-refractivity contribution < 1.29 is 4.52 Å². The molecule has 0 aromatic carbocycles. The van der Waals surface area contributed by atoms with Crippen molar-refractivity contribution in [3.8, 4) is 11.6 Å². The van der Waals surface area contributed by atoms with Gasteiger partial charge in [-0.1, -0.05) is 6.07 Å². The lowest BCUT2D eigenvalue weighted by molar-refractivity contribution is 0.429. The number of H-pyrrole nitrogens is 1. The minimum atomic E-state index is -0.230. The molecule has 1 N–H and O–H groups in total. The molecule has 0 amide bonds. The lowest BCUT2D eigenvalue weighted by Crippen LogP contribution is -2.03. The lowest BCUT2D eigenvalue weighted by atomic mass is 10.3. The van der Waals surface area contributed by atoms with Crippen LogP contribution in [0.2, 0.25) is 5.28 Å². The molecule has 0 atom stereocenters. The molecule has 2 rings (SSSR count). The van der Waals surface area contributed by atoms with Crippen LogP contribution in [-0.4, -0.2) is 15.1 Å². The molecule has 0 spiro atoms. The van der Waals surface area contributed by atoms with Gasteiger partial charge < -0.3 is 9.51 Å². The molecule has 2 heterocycles. The van der Waals surface area contributed by atoms with Gasteiger partial charge in [-0.15, -0.1) is 0 Å². The summed E-state index contributed by atoms with van der Waals surface area (Å²) in [7, 11) is 0. The number of aromatic amines is 1. The highest BCUT2D eigenvalue weighted by Crippen LogP contribution is 2.13. The molecule has 0 radical (unpaired) electrons. The van der Waals surface area contributed by atoms with Crippen LogP contribution in [0.15, 0.2) is 27.5 Å². The molecule has 0 unspecified atom stereocenters. The molecule has 5 nitrogen and oxygen atoms in total. The fourth-order valence-corrected chi connectivity index (χ4v) is 0.999. The summed E-state index contributed by atoms with van der Waals surface area (Å²) in [4.78, 5) is 17.2. The van der Waals surface area contributed by atoms with Gasteiger partial charge in [-0.2, -0.15) is 4.98 Å². The average molecular weight is 198 g/mol. The molecular formula is C7H4ClN3O2. The number of hydrogen-bond donors (Lipinski definition) is 1. The van der Waals surface area contributed by atoms with Gasteiger partial charge >= 0.3 is 0 Å². The van der Waals surface area contributed by atoms with E-state index in [1.54, 1.807) is 12.1 Å². The van der Waals surface area contributed by atoms with Crippen LogP contribution < -0.4 is 5.56 Å². The van der Waals surface area contributed by atoms with Gasteiger partial charge in [0.15, 0.2) is 0 Å². The topological polar surface area (TPSA) is 71.8 Å². The molecule has 6 heteroatoms. The van der Waals surface area contributed by atoms with Crippen LogP contribution >= 0.6 is 11.6 Å². The summed E-state index contributed by atoms with van der Waals surface area (Å²) in [6, 6.07) is 4.62. The Hall–Kier alpha value is -1.62. The number of pyridine rings is 1. The number of aromatic nitrogens is 3. The van der Waals surface area contributed by atoms with Crippen LogP contribution in [0.4, 0.5) is 0 Å². The molecule has 0 aliphatic heterocycles. The molecule has 66 valence electrons. The monoisotopic (exact) mass is 197 g/mol. The van der Waals surface area contributed by atoms with Crippen molar-refractivity contribution in [2.75, 3.05) is 0 Å². The summed E-state index contributed by atoms with van der Waals surface area (Å²) < 4.78 is 4.74. The molecule has 0 saturated carbocycles. The summed E-state index contributed by atoms with van der Waals surface area (Å²) in [5.41, 5.74) is 0.221. The number of hydrogen-bond acceptors (Lipinski definition) is 4. The van der Waals surface area contributed by atoms with Gasteiger partial charge in [0.2, 0.25) is 5.56 Å². The van der Waals surface area contributed by atoms with Gasteiger partial charge in [-0.05, 0) is 22.8 Å². The first-order valence-electron chi connectivity index (χ1n) is 3.44. The van der Waals surface area contributed by atoms with E-state index in [0.717, 1.165) is 0 Å². The Kier molecular flexibility index (Phi) is 1.86. The number of nitrogens with one attached hydrogen (secondary N) is 1. The zero-order valence-electron chi connectivity index (χ0n) is 6.32. The van der Waals surface area contributed by atoms with Crippen LogP contribution in [0.1, 0.15) is 0 Å². The Balaban J connectivity index is 2.52. The van der Waals surface area contributed by atoms with Crippen LogP contribution in [0.5, 0.6) is 0 Å². The molecule has 2 aromatic rings. The SMILES string of the molecule is O=c1cccc(-c2nc(Cl)no2)[nH]1. The average Bonchev–Trinajstić information content (AvgIpc) is 2.52. The van der Waals surface area contributed by atoms with E-state index in [-0.39, 0.29) is 16.7 Å². The van der Waals surface area contributed by atoms with E-state index in [1.807, 2.05) is 0 Å². The maximum atomic E-state index is 10.9. The summed E-state index contributed by atoms with van der Waals surface area (Å²) in [6.45, 7) is 0. The summed E-state index contributed by atoms with van der Waals surface area (Å²) in [5, 5.41) is 3.39. The van der Waals surface area contributed by atoms with Gasteiger partial charge in [0.25, 0.3) is 11.2 Å². The van der Waals surface area contributed by atoms with E-state index in [0.29, 0.717) is 5.69 Å². The summed E-state index contributed by atoms with van der Waals surface area (Å²) in [5.74, 6) is 0.197. The first-order chi connectivity index (χ1) is 6.25. The third-order valence-electron chi connectivity index (χ3n) is 1.40. The fraction of sp³-hybridized carbons (Fsp3) is 0. The fourth-order valence-electron chi connectivity index (χ4n) is 0.887. The van der Waals surface area contributed by atoms with Crippen molar-refractivity contribution in [2.24, 2.45) is 0 Å². The largest absolute Gasteiger partial charge is 0.331 e. The second kappa shape index (κ2) is 3.02. The summed E-state index contributed by atoms with van der Waals surface area (Å²) >= 11 is 5.44. The van der Waals surface area contributed by atoms with Crippen LogP contribution in [0.3, 0.4) is 0 Å². The normalized spacial score (nSPS) is 10.2. The number of rotatable bonds is 1. The van der Waals surface area contributed by atoms with Crippen molar-refractivity contribution in [3.63, 3.8) is 0 Å². The zero-order chi connectivity index (χ0) is 9.26. The van der Waals surface area contributed by atoms with E-state index in [1.165, 1.54) is 6.07 Å². The number of nitrogens with zero attached hydrogens (tertiary/aromatic N) is 2. The standard InChI is InChI=1S/C7H4ClN3O2/c8-7-10-6(13-11-7)4-2-1-3-5(12)9-4/h1-3H,(H,9,12). The molecule has 2 aromatic heterocycles. The van der Waals surface area contributed by atoms with Crippen molar-refractivity contribution >= 4 is 11.6 Å². The highest BCUT2D eigenvalue weighted by atomic mass is 35.5. The van der Waals surface area contributed by atoms with Gasteiger partial charge in [0.05, 0.1) is 0 Å². The first kappa shape index (κ1) is 8.00. The highest BCUT2D eigenvalue weighted by molar-refractivity contribution is 6.28. The quantitative estimate of drug-likeness (QED) is 0.743. The predicted octanol–water partition coefficient (Wildman–Crippen LogP) is 1.08. The third-order valence-corrected chi connectivity index (χ3v) is 1.55. The second-order valence-electron chi connectivity index (χ2n) is 2.30. The zero-order valence-corrected chi connectivity index (χ0v) is 7.08. The molecule has 0 saturated heterocycles. The van der Waals surface area contributed by atoms with E-state index in [9.17, 15) is 4.79 Å². The van der Waals surface area contributed by atoms with Crippen molar-refractivity contribution in [1.82, 2.24) is 15.1 Å². The molecule has 0 fully saturated rings. The first-order valence-corrected chi connectivity index (χ1v) is 3.82. The molecule has 13 heavy (non-hydrogen) atoms. The Morgan fingerprint density at radius 2 is 2.31 bits per heavy atom. The Bertz CT molecular complexity index is 476. The highest BCUT2D eigenvalue weighted by Gasteiger charge is 2.06. The maximum Gasteiger partial charge on any atom is 0.275 e. The summed E-state index contributed by atoms with van der Waals surface area (Å²) in [6.07, 6.45) is 0. The van der Waals surface area contributed by atoms with Crippen molar-refractivity contribution in [3.05, 3.63) is 33.8 Å². The number of halogens is 1. The Morgan fingerprint density at radius 1 is 1.46 bits per heavy atom. The third kappa shape index (κ3) is 1.59. The smallest absolute Gasteiger partial charge is 0.275 e. The lowest BCUT2D eigenvalue weighted by Gasteiger charge is -1.90. The molecule has 0 aliphatic rings. The van der Waals surface area contributed by atoms with Crippen LogP contribution in [-0.2, 0) is 0 Å². The predicted molar refractivity (Wildman–Crippen MR) is 45.4 cm³/mol. The molecular weight excluding hydrogens is 194 g/mol. The van der Waals surface area contributed by atoms with Gasteiger partial charge in [-0.3, -0.25) is 4.79 Å². The van der Waals surface area contributed by atoms with Gasteiger partial charge in [0.1, 0.15) is 5.69 Å². The Labute approximate surface area is 77.4 Å². The van der Waals surface area contributed by atoms with Crippen LogP contribution in [0.25, 0.3) is 11.6 Å². The van der Waals surface area contributed by atoms with Crippen molar-refractivity contribution in [2.45, 2.75) is 0 Å². The van der Waals surface area contributed by atoms with Gasteiger partial charge in [0, 0.05) is 6.07 Å². The van der Waals surface area contributed by atoms with Crippen molar-refractivity contribution in [1.29, 1.82) is 0 Å². The molecule has 0 aliphatic carbocycles. The Morgan fingerprint density at radius 3 is 2.92 bits per heavy atom. The second-order valence-corrected chi connectivity index (χ2v) is 2.64. The van der Waals surface area contributed by atoms with E-state index in [4.69, 9.17) is 16.1 Å². The van der Waals surface area contributed by atoms with Crippen LogP contribution in [0, 0.1) is 0 Å². The van der Waals surface area contributed by atoms with E-state index in [2.05, 4.69) is 15.1 Å². The van der Waals surface area contributed by atoms with E-state index < -0.39 is 0 Å². The molecule has 0 bridgehead atoms.